The Kier molecular flexibility index (Phi) is 8.13. The molecule has 8 aromatic carbocycles. The highest BCUT2D eigenvalue weighted by Gasteiger charge is 2.47. The SMILES string of the molecule is O=P12c3ccccc3-c3ccccc3N1c1ccccc1-c1ccccc12.OO.c1ccc2c(c1)-c1ccccc1P1c3ccccc3-c3ccccc3N21. The summed E-state index contributed by atoms with van der Waals surface area (Å²) in [5.74, 6) is 0. The van der Waals surface area contributed by atoms with Crippen LogP contribution in [0.1, 0.15) is 0 Å². The van der Waals surface area contributed by atoms with E-state index in [2.05, 4.69) is 155 Å². The summed E-state index contributed by atoms with van der Waals surface area (Å²) in [5, 5.41) is 16.7. The van der Waals surface area contributed by atoms with E-state index < -0.39 is 15.4 Å². The van der Waals surface area contributed by atoms with Gasteiger partial charge >= 0.3 is 0 Å². The van der Waals surface area contributed by atoms with Crippen LogP contribution in [-0.4, -0.2) is 10.5 Å². The topological polar surface area (TPSA) is 64.0 Å². The zero-order valence-electron chi connectivity index (χ0n) is 29.6. The quantitative estimate of drug-likeness (QED) is 0.0918. The molecule has 0 atom stereocenters. The van der Waals surface area contributed by atoms with E-state index in [1.807, 2.05) is 48.5 Å². The summed E-state index contributed by atoms with van der Waals surface area (Å²) in [4.78, 5) is 0. The smallest absolute Gasteiger partial charge is 0.235 e. The summed E-state index contributed by atoms with van der Waals surface area (Å²) in [5.41, 5.74) is 14.5. The monoisotopic (exact) mass is 748 g/mol. The van der Waals surface area contributed by atoms with Crippen LogP contribution in [0.25, 0.3) is 44.5 Å². The van der Waals surface area contributed by atoms with Crippen LogP contribution in [0.2, 0.25) is 0 Å². The van der Waals surface area contributed by atoms with Gasteiger partial charge in [-0.15, -0.1) is 0 Å². The molecule has 2 N–H and O–H groups in total. The number of hydrogen-bond acceptors (Lipinski definition) is 4. The molecular formula is C48H34N2O3P2. The van der Waals surface area contributed by atoms with Crippen molar-refractivity contribution >= 4 is 59.3 Å². The van der Waals surface area contributed by atoms with E-state index in [-0.39, 0.29) is 0 Å². The lowest BCUT2D eigenvalue weighted by Crippen LogP contribution is -2.37. The van der Waals surface area contributed by atoms with Gasteiger partial charge < -0.3 is 4.67 Å². The van der Waals surface area contributed by atoms with Crippen molar-refractivity contribution in [2.75, 3.05) is 9.34 Å². The van der Waals surface area contributed by atoms with E-state index in [0.29, 0.717) is 0 Å². The fourth-order valence-electron chi connectivity index (χ4n) is 8.72. The highest BCUT2D eigenvalue weighted by atomic mass is 31.2. The van der Waals surface area contributed by atoms with Gasteiger partial charge in [-0.2, -0.15) is 0 Å². The summed E-state index contributed by atoms with van der Waals surface area (Å²) < 4.78 is 19.6. The summed E-state index contributed by atoms with van der Waals surface area (Å²) >= 11 is 0. The molecule has 4 aliphatic heterocycles. The van der Waals surface area contributed by atoms with Gasteiger partial charge in [0.15, 0.2) is 0 Å². The largest absolute Gasteiger partial charge is 0.310 e. The molecule has 0 aromatic heterocycles. The van der Waals surface area contributed by atoms with Gasteiger partial charge in [-0.3, -0.25) is 19.7 Å². The van der Waals surface area contributed by atoms with Gasteiger partial charge in [-0.05, 0) is 58.7 Å². The second-order valence-corrected chi connectivity index (χ2v) is 18.2. The second-order valence-electron chi connectivity index (χ2n) is 13.6. The molecule has 264 valence electrons. The summed E-state index contributed by atoms with van der Waals surface area (Å²) in [6, 6.07) is 68.4. The Morgan fingerprint density at radius 1 is 0.345 bits per heavy atom. The van der Waals surface area contributed by atoms with Gasteiger partial charge in [0, 0.05) is 43.5 Å². The van der Waals surface area contributed by atoms with E-state index in [0.717, 1.165) is 44.2 Å². The molecule has 0 aliphatic carbocycles. The number of hydrogen-bond donors (Lipinski definition) is 2. The van der Waals surface area contributed by atoms with Gasteiger partial charge in [0.2, 0.25) is 7.29 Å². The maximum atomic E-state index is 14.9. The van der Waals surface area contributed by atoms with Gasteiger partial charge in [0.05, 0.1) is 30.8 Å². The molecule has 5 nitrogen and oxygen atoms in total. The van der Waals surface area contributed by atoms with Crippen molar-refractivity contribution in [2.24, 2.45) is 0 Å². The normalized spacial score (nSPS) is 14.1. The molecule has 7 heteroatoms. The minimum absolute atomic E-state index is 0.618. The highest BCUT2D eigenvalue weighted by molar-refractivity contribution is 7.81. The Morgan fingerprint density at radius 3 is 1.05 bits per heavy atom. The van der Waals surface area contributed by atoms with Crippen molar-refractivity contribution in [1.29, 1.82) is 0 Å². The molecule has 0 radical (unpaired) electrons. The van der Waals surface area contributed by atoms with Gasteiger partial charge in [0.25, 0.3) is 0 Å². The van der Waals surface area contributed by atoms with Crippen molar-refractivity contribution < 1.29 is 15.1 Å². The number of rotatable bonds is 0. The van der Waals surface area contributed by atoms with Gasteiger partial charge in [0.1, 0.15) is 0 Å². The predicted molar refractivity (Wildman–Crippen MR) is 230 cm³/mol. The first-order valence-electron chi connectivity index (χ1n) is 18.2. The molecule has 0 amide bonds. The third-order valence-corrected chi connectivity index (χ3v) is 16.5. The molecule has 12 rings (SSSR count). The summed E-state index contributed by atoms with van der Waals surface area (Å²) in [7, 11) is -3.65. The Labute approximate surface area is 321 Å². The van der Waals surface area contributed by atoms with Crippen LogP contribution >= 0.6 is 15.4 Å². The minimum atomic E-state index is -3.03. The maximum absolute atomic E-state index is 14.9. The van der Waals surface area contributed by atoms with Crippen LogP contribution in [-0.2, 0) is 4.57 Å². The van der Waals surface area contributed by atoms with E-state index in [1.165, 1.54) is 44.2 Å². The third kappa shape index (κ3) is 4.88. The van der Waals surface area contributed by atoms with E-state index in [1.54, 1.807) is 0 Å². The summed E-state index contributed by atoms with van der Waals surface area (Å²) in [6.45, 7) is 0. The number of fused-ring (bicyclic) bond motifs is 22. The van der Waals surface area contributed by atoms with Crippen molar-refractivity contribution in [3.8, 4) is 44.5 Å². The Hall–Kier alpha value is -6.06. The first-order valence-corrected chi connectivity index (χ1v) is 21.1. The summed E-state index contributed by atoms with van der Waals surface area (Å²) in [6.07, 6.45) is 0. The molecule has 0 unspecified atom stereocenters. The Morgan fingerprint density at radius 2 is 0.636 bits per heavy atom. The molecule has 4 heterocycles. The van der Waals surface area contributed by atoms with Crippen LogP contribution < -0.4 is 30.6 Å². The Balaban J connectivity index is 0.000000130. The molecule has 0 saturated carbocycles. The number of benzene rings is 8. The molecule has 0 spiro atoms. The van der Waals surface area contributed by atoms with Gasteiger partial charge in [-0.1, -0.05) is 158 Å². The van der Waals surface area contributed by atoms with Crippen molar-refractivity contribution in [3.63, 3.8) is 0 Å². The number of nitrogens with zero attached hydrogens (tertiary/aromatic N) is 2. The van der Waals surface area contributed by atoms with Crippen LogP contribution in [0.3, 0.4) is 0 Å². The Bertz CT molecular complexity index is 2560. The molecule has 55 heavy (non-hydrogen) atoms. The van der Waals surface area contributed by atoms with Crippen LogP contribution in [0.15, 0.2) is 194 Å². The van der Waals surface area contributed by atoms with E-state index in [4.69, 9.17) is 10.5 Å². The average molecular weight is 749 g/mol. The standard InChI is InChI=1S/C24H16NOP.C24H16NP.H2O2/c26-27-23-15-7-3-11-19(23)17-9-1-5-13-21(17)25(27)22-14-6-2-10-18(22)20-12-4-8-16-24(20)27;1-5-13-21-17(9-1)19-11-3-7-15-23(19)26-24-16-8-4-12-20(24)18-10-2-6-14-22(18)25(21)26;1-2/h1-16H;1-16H;1-2H. The van der Waals surface area contributed by atoms with Crippen LogP contribution in [0.5, 0.6) is 0 Å². The van der Waals surface area contributed by atoms with Crippen molar-refractivity contribution in [2.45, 2.75) is 0 Å². The molecular weight excluding hydrogens is 714 g/mol. The van der Waals surface area contributed by atoms with Gasteiger partial charge in [-0.25, -0.2) is 0 Å². The number of anilines is 4. The lowest BCUT2D eigenvalue weighted by molar-refractivity contribution is -0.176. The van der Waals surface area contributed by atoms with E-state index >= 15 is 0 Å². The van der Waals surface area contributed by atoms with Crippen LogP contribution in [0, 0.1) is 0 Å². The van der Waals surface area contributed by atoms with E-state index in [9.17, 15) is 4.57 Å². The van der Waals surface area contributed by atoms with Crippen molar-refractivity contribution in [3.05, 3.63) is 194 Å². The molecule has 0 fully saturated rings. The molecule has 4 aliphatic rings. The lowest BCUT2D eigenvalue weighted by Gasteiger charge is -2.44. The zero-order valence-corrected chi connectivity index (χ0v) is 31.4. The molecule has 8 aromatic rings. The predicted octanol–water partition coefficient (Wildman–Crippen LogP) is 11.6. The fraction of sp³-hybridized carbons (Fsp3) is 0. The van der Waals surface area contributed by atoms with Crippen LogP contribution in [0.4, 0.5) is 22.7 Å². The first-order chi connectivity index (χ1) is 27.2. The lowest BCUT2D eigenvalue weighted by atomic mass is 10.00. The van der Waals surface area contributed by atoms with Crippen molar-refractivity contribution in [1.82, 2.24) is 0 Å². The third-order valence-electron chi connectivity index (χ3n) is 10.9. The maximum Gasteiger partial charge on any atom is 0.235 e. The zero-order chi connectivity index (χ0) is 37.1. The number of para-hydroxylation sites is 4. The fourth-order valence-corrected chi connectivity index (χ4v) is 14.8. The molecule has 0 bridgehead atoms. The molecule has 0 saturated heterocycles. The highest BCUT2D eigenvalue weighted by Crippen LogP contribution is 2.65. The minimum Gasteiger partial charge on any atom is -0.310 e. The second kappa shape index (κ2) is 13.4. The average Bonchev–Trinajstić information content (AvgIpc) is 3.27. The first kappa shape index (κ1) is 33.5.